The summed E-state index contributed by atoms with van der Waals surface area (Å²) in [6, 6.07) is 19.7. The first-order valence-electron chi connectivity index (χ1n) is 10.5. The minimum Gasteiger partial charge on any atom is -0.394 e. The fourth-order valence-corrected chi connectivity index (χ4v) is 4.64. The molecule has 0 saturated carbocycles. The van der Waals surface area contributed by atoms with Crippen LogP contribution in [0.5, 0.6) is 0 Å². The summed E-state index contributed by atoms with van der Waals surface area (Å²) in [6.07, 6.45) is -2.83. The third-order valence-electron chi connectivity index (χ3n) is 6.23. The van der Waals surface area contributed by atoms with Crippen LogP contribution in [0.3, 0.4) is 0 Å². The Labute approximate surface area is 185 Å². The predicted molar refractivity (Wildman–Crippen MR) is 119 cm³/mol. The number of hydrogen-bond acceptors (Lipinski definition) is 9. The Hall–Kier alpha value is -2.95. The lowest BCUT2D eigenvalue weighted by molar-refractivity contribution is -0.0688. The molecule has 5 atom stereocenters. The summed E-state index contributed by atoms with van der Waals surface area (Å²) < 4.78 is 5.70. The quantitative estimate of drug-likeness (QED) is 0.525. The van der Waals surface area contributed by atoms with Crippen molar-refractivity contribution in [1.82, 2.24) is 4.90 Å². The Morgan fingerprint density at radius 2 is 1.66 bits per heavy atom. The molecule has 0 bridgehead atoms. The molecule has 0 radical (unpaired) electrons. The number of nitrogens with two attached hydrogens (primary N) is 1. The van der Waals surface area contributed by atoms with E-state index >= 15 is 0 Å². The SMILES string of the molecule is NC1(C(c2ccccc2)c2ccccc2)N=CN=C2C1=NCN2[C@@H]1O[C@H](CO)[C@@H](O)[C@H]1O. The van der Waals surface area contributed by atoms with E-state index in [1.54, 1.807) is 4.90 Å². The largest absolute Gasteiger partial charge is 0.394 e. The molecule has 9 heteroatoms. The first kappa shape index (κ1) is 20.9. The molecule has 9 nitrogen and oxygen atoms in total. The molecule has 1 unspecified atom stereocenters. The predicted octanol–water partition coefficient (Wildman–Crippen LogP) is 0.0670. The molecule has 1 saturated heterocycles. The number of aliphatic hydroxyl groups excluding tert-OH is 3. The van der Waals surface area contributed by atoms with Crippen LogP contribution in [0.1, 0.15) is 17.0 Å². The molecule has 5 rings (SSSR count). The zero-order valence-electron chi connectivity index (χ0n) is 17.3. The van der Waals surface area contributed by atoms with Gasteiger partial charge >= 0.3 is 0 Å². The number of benzene rings is 2. The molecule has 3 heterocycles. The maximum absolute atomic E-state index is 10.5. The Morgan fingerprint density at radius 3 is 2.22 bits per heavy atom. The van der Waals surface area contributed by atoms with Crippen LogP contribution in [0.4, 0.5) is 0 Å². The second kappa shape index (κ2) is 8.19. The van der Waals surface area contributed by atoms with Gasteiger partial charge in [-0.2, -0.15) is 0 Å². The lowest BCUT2D eigenvalue weighted by Crippen LogP contribution is -2.58. The summed E-state index contributed by atoms with van der Waals surface area (Å²) in [6.45, 7) is -0.269. The number of hydrogen-bond donors (Lipinski definition) is 4. The molecule has 2 aromatic rings. The van der Waals surface area contributed by atoms with Gasteiger partial charge in [0.15, 0.2) is 17.7 Å². The van der Waals surface area contributed by atoms with E-state index in [1.807, 2.05) is 60.7 Å². The lowest BCUT2D eigenvalue weighted by Gasteiger charge is -2.37. The van der Waals surface area contributed by atoms with Crippen molar-refractivity contribution in [1.29, 1.82) is 0 Å². The van der Waals surface area contributed by atoms with E-state index in [9.17, 15) is 15.3 Å². The Morgan fingerprint density at radius 1 is 1.03 bits per heavy atom. The number of amidine groups is 1. The number of ether oxygens (including phenoxy) is 1. The van der Waals surface area contributed by atoms with Crippen LogP contribution < -0.4 is 5.73 Å². The van der Waals surface area contributed by atoms with Gasteiger partial charge in [-0.05, 0) is 11.1 Å². The Bertz CT molecular complexity index is 1020. The van der Waals surface area contributed by atoms with Crippen molar-refractivity contribution in [2.75, 3.05) is 13.3 Å². The molecular weight excluding hydrogens is 410 g/mol. The summed E-state index contributed by atoms with van der Waals surface area (Å²) in [5, 5.41) is 30.1. The van der Waals surface area contributed by atoms with Crippen LogP contribution in [0, 0.1) is 0 Å². The van der Waals surface area contributed by atoms with Gasteiger partial charge in [0.05, 0.1) is 12.5 Å². The van der Waals surface area contributed by atoms with Gasteiger partial charge in [-0.15, -0.1) is 0 Å². The van der Waals surface area contributed by atoms with Crippen molar-refractivity contribution >= 4 is 17.9 Å². The Balaban J connectivity index is 1.53. The normalized spacial score (nSPS) is 31.6. The number of fused-ring (bicyclic) bond motifs is 1. The van der Waals surface area contributed by atoms with Crippen LogP contribution in [0.15, 0.2) is 75.6 Å². The third kappa shape index (κ3) is 3.26. The van der Waals surface area contributed by atoms with Gasteiger partial charge in [0.2, 0.25) is 0 Å². The maximum atomic E-state index is 10.5. The summed E-state index contributed by atoms with van der Waals surface area (Å²) in [5.74, 6) is 0.102. The van der Waals surface area contributed by atoms with E-state index in [2.05, 4.69) is 15.0 Å². The molecule has 0 aliphatic carbocycles. The van der Waals surface area contributed by atoms with Crippen LogP contribution >= 0.6 is 0 Å². The van der Waals surface area contributed by atoms with E-state index in [-0.39, 0.29) is 12.6 Å². The summed E-state index contributed by atoms with van der Waals surface area (Å²) >= 11 is 0. The maximum Gasteiger partial charge on any atom is 0.166 e. The fourth-order valence-electron chi connectivity index (χ4n) is 4.64. The highest BCUT2D eigenvalue weighted by Crippen LogP contribution is 2.39. The van der Waals surface area contributed by atoms with Gasteiger partial charge < -0.3 is 30.7 Å². The number of aliphatic hydroxyl groups is 3. The van der Waals surface area contributed by atoms with Gasteiger partial charge in [0, 0.05) is 0 Å². The van der Waals surface area contributed by atoms with Gasteiger partial charge in [0.25, 0.3) is 0 Å². The van der Waals surface area contributed by atoms with Crippen molar-refractivity contribution in [2.24, 2.45) is 20.7 Å². The topological polar surface area (TPSA) is 136 Å². The van der Waals surface area contributed by atoms with Gasteiger partial charge in [-0.1, -0.05) is 60.7 Å². The van der Waals surface area contributed by atoms with Crippen molar-refractivity contribution in [2.45, 2.75) is 36.1 Å². The standard InChI is InChI=1S/C23H25N5O4/c24-23(17(14-7-3-1-4-8-14)15-9-5-2-6-10-15)20-21(25-12-27-23)28(13-26-20)22-19(31)18(30)16(11-29)32-22/h1-10,12,16-19,22,29-31H,11,13,24H2/t16-,18-,19-,22-,23?/m1/s1. The van der Waals surface area contributed by atoms with E-state index in [1.165, 1.54) is 6.34 Å². The molecule has 0 spiro atoms. The molecule has 3 aliphatic rings. The summed E-state index contributed by atoms with van der Waals surface area (Å²) in [5.41, 5.74) is 8.20. The van der Waals surface area contributed by atoms with Crippen LogP contribution in [0.25, 0.3) is 0 Å². The molecule has 166 valence electrons. The average molecular weight is 435 g/mol. The second-order valence-corrected chi connectivity index (χ2v) is 8.12. The van der Waals surface area contributed by atoms with Crippen LogP contribution in [-0.2, 0) is 4.74 Å². The van der Waals surface area contributed by atoms with Crippen LogP contribution in [0.2, 0.25) is 0 Å². The fraction of sp³-hybridized carbons (Fsp3) is 0.348. The van der Waals surface area contributed by atoms with E-state index in [0.29, 0.717) is 11.5 Å². The van der Waals surface area contributed by atoms with Crippen molar-refractivity contribution in [3.8, 4) is 0 Å². The van der Waals surface area contributed by atoms with Crippen LogP contribution in [-0.4, -0.2) is 81.6 Å². The minimum atomic E-state index is -1.24. The molecular formula is C23H25N5O4. The van der Waals surface area contributed by atoms with E-state index in [4.69, 9.17) is 10.5 Å². The third-order valence-corrected chi connectivity index (χ3v) is 6.23. The molecule has 5 N–H and O–H groups in total. The van der Waals surface area contributed by atoms with Crippen molar-refractivity contribution in [3.05, 3.63) is 71.8 Å². The number of rotatable bonds is 5. The highest BCUT2D eigenvalue weighted by molar-refractivity contribution is 6.47. The van der Waals surface area contributed by atoms with E-state index < -0.39 is 36.8 Å². The Kier molecular flexibility index (Phi) is 5.36. The number of aliphatic imine (C=N–C) groups is 3. The minimum absolute atomic E-state index is 0.138. The zero-order valence-corrected chi connectivity index (χ0v) is 17.3. The monoisotopic (exact) mass is 435 g/mol. The molecule has 2 aromatic carbocycles. The highest BCUT2D eigenvalue weighted by atomic mass is 16.6. The smallest absolute Gasteiger partial charge is 0.166 e. The van der Waals surface area contributed by atoms with Gasteiger partial charge in [-0.25, -0.2) is 9.98 Å². The first-order chi connectivity index (χ1) is 15.5. The number of nitrogens with zero attached hydrogens (tertiary/aromatic N) is 4. The molecule has 0 amide bonds. The summed E-state index contributed by atoms with van der Waals surface area (Å²) in [4.78, 5) is 15.3. The highest BCUT2D eigenvalue weighted by Gasteiger charge is 2.53. The first-order valence-corrected chi connectivity index (χ1v) is 10.5. The van der Waals surface area contributed by atoms with E-state index in [0.717, 1.165) is 11.1 Å². The molecule has 32 heavy (non-hydrogen) atoms. The molecule has 1 fully saturated rings. The van der Waals surface area contributed by atoms with Crippen molar-refractivity contribution < 1.29 is 20.1 Å². The van der Waals surface area contributed by atoms with Crippen molar-refractivity contribution in [3.63, 3.8) is 0 Å². The molecule has 3 aliphatic heterocycles. The lowest BCUT2D eigenvalue weighted by atomic mass is 9.78. The summed E-state index contributed by atoms with van der Waals surface area (Å²) in [7, 11) is 0. The zero-order chi connectivity index (χ0) is 22.3. The average Bonchev–Trinajstić information content (AvgIpc) is 3.37. The van der Waals surface area contributed by atoms with Gasteiger partial charge in [-0.3, -0.25) is 4.99 Å². The second-order valence-electron chi connectivity index (χ2n) is 8.12. The van der Waals surface area contributed by atoms with Gasteiger partial charge in [0.1, 0.15) is 37.0 Å². The molecule has 0 aromatic heterocycles.